The molecule has 242 valence electrons. The smallest absolute Gasteiger partial charge is 0.395 e. The molecule has 1 saturated heterocycles. The summed E-state index contributed by atoms with van der Waals surface area (Å²) in [4.78, 5) is 25.4. The molecule has 3 amide bonds. The van der Waals surface area contributed by atoms with Gasteiger partial charge in [0.15, 0.2) is 11.5 Å². The molecule has 1 aromatic heterocycles. The number of alkyl halides is 2. The van der Waals surface area contributed by atoms with E-state index in [2.05, 4.69) is 77.9 Å². The van der Waals surface area contributed by atoms with E-state index in [0.29, 0.717) is 30.3 Å². The zero-order chi connectivity index (χ0) is 33.1. The van der Waals surface area contributed by atoms with Crippen molar-refractivity contribution in [3.8, 4) is 17.2 Å². The van der Waals surface area contributed by atoms with Gasteiger partial charge in [-0.2, -0.15) is 5.10 Å². The standard InChI is InChI=1S/C21H21F2N3O4.C14H18N2/c22-21(23)29-17-6-3-15(12-18(17)30-21)19(27)26-9-7-14(8-10-26)11-13-1-4-16(5-2-13)25-20(24)28;1-11-5-7-12(8-6-11)16-10-9-13(15-16)14(2,3)4/h1-6,12,14H,7-11H2,(H3,24,25,28);5-10H,1-4H3. The van der Waals surface area contributed by atoms with Gasteiger partial charge in [0.1, 0.15) is 0 Å². The Balaban J connectivity index is 0.000000219. The van der Waals surface area contributed by atoms with Crippen molar-refractivity contribution in [2.75, 3.05) is 18.4 Å². The minimum absolute atomic E-state index is 0.0766. The molecule has 0 spiro atoms. The molecule has 46 heavy (non-hydrogen) atoms. The van der Waals surface area contributed by atoms with E-state index < -0.39 is 12.3 Å². The number of aromatic nitrogens is 2. The van der Waals surface area contributed by atoms with Crippen molar-refractivity contribution < 1.29 is 27.8 Å². The normalized spacial score (nSPS) is 15.6. The minimum atomic E-state index is -3.70. The number of amides is 3. The molecule has 2 aliphatic heterocycles. The summed E-state index contributed by atoms with van der Waals surface area (Å²) in [5, 5.41) is 7.12. The van der Waals surface area contributed by atoms with Gasteiger partial charge >= 0.3 is 12.3 Å². The van der Waals surface area contributed by atoms with Gasteiger partial charge in [0.2, 0.25) is 0 Å². The molecule has 0 aliphatic carbocycles. The van der Waals surface area contributed by atoms with Crippen LogP contribution in [0.3, 0.4) is 0 Å². The second-order valence-corrected chi connectivity index (χ2v) is 12.7. The number of nitrogens with two attached hydrogens (primary N) is 1. The Morgan fingerprint density at radius 1 is 0.957 bits per heavy atom. The molecule has 0 radical (unpaired) electrons. The highest BCUT2D eigenvalue weighted by molar-refractivity contribution is 5.95. The minimum Gasteiger partial charge on any atom is -0.395 e. The summed E-state index contributed by atoms with van der Waals surface area (Å²) < 4.78 is 37.0. The van der Waals surface area contributed by atoms with Gasteiger partial charge in [-0.05, 0) is 86.2 Å². The number of carbonyl (C=O) groups excluding carboxylic acids is 2. The number of piperidine rings is 1. The number of urea groups is 1. The summed E-state index contributed by atoms with van der Waals surface area (Å²) in [6, 6.07) is 21.5. The fourth-order valence-electron chi connectivity index (χ4n) is 5.37. The number of aryl methyl sites for hydroxylation is 1. The van der Waals surface area contributed by atoms with Crippen molar-refractivity contribution in [3.05, 3.63) is 101 Å². The Morgan fingerprint density at radius 2 is 1.61 bits per heavy atom. The lowest BCUT2D eigenvalue weighted by Crippen LogP contribution is -2.38. The van der Waals surface area contributed by atoms with Crippen molar-refractivity contribution in [3.63, 3.8) is 0 Å². The third-order valence-corrected chi connectivity index (χ3v) is 7.95. The van der Waals surface area contributed by atoms with Gasteiger partial charge < -0.3 is 25.4 Å². The fourth-order valence-corrected chi connectivity index (χ4v) is 5.37. The number of primary amides is 1. The third-order valence-electron chi connectivity index (χ3n) is 7.95. The first-order valence-corrected chi connectivity index (χ1v) is 15.2. The van der Waals surface area contributed by atoms with Crippen LogP contribution in [-0.2, 0) is 11.8 Å². The maximum Gasteiger partial charge on any atom is 0.586 e. The summed E-state index contributed by atoms with van der Waals surface area (Å²) >= 11 is 0. The Morgan fingerprint density at radius 3 is 2.22 bits per heavy atom. The maximum absolute atomic E-state index is 13.2. The van der Waals surface area contributed by atoms with E-state index in [4.69, 9.17) is 5.73 Å². The van der Waals surface area contributed by atoms with Gasteiger partial charge in [-0.1, -0.05) is 50.6 Å². The second kappa shape index (κ2) is 13.2. The van der Waals surface area contributed by atoms with Crippen LogP contribution in [0.1, 0.15) is 60.8 Å². The number of anilines is 1. The molecular formula is C35H39F2N5O4. The van der Waals surface area contributed by atoms with Crippen LogP contribution in [0.15, 0.2) is 79.0 Å². The van der Waals surface area contributed by atoms with E-state index in [0.717, 1.165) is 36.2 Å². The number of rotatable bonds is 5. The van der Waals surface area contributed by atoms with Gasteiger partial charge in [-0.15, -0.1) is 8.78 Å². The molecule has 3 heterocycles. The third kappa shape index (κ3) is 8.21. The number of halogens is 2. The zero-order valence-corrected chi connectivity index (χ0v) is 26.4. The molecule has 0 saturated carbocycles. The van der Waals surface area contributed by atoms with E-state index in [-0.39, 0.29) is 22.8 Å². The highest BCUT2D eigenvalue weighted by Crippen LogP contribution is 2.41. The molecular weight excluding hydrogens is 592 g/mol. The average Bonchev–Trinajstić information content (AvgIpc) is 3.62. The SMILES string of the molecule is Cc1ccc(-n2ccc(C(C)(C)C)n2)cc1.NC(=O)Nc1ccc(CC2CCN(C(=O)c3ccc4c(c3)OC(F)(F)O4)CC2)cc1. The Hall–Kier alpha value is -4.93. The number of ether oxygens (including phenoxy) is 2. The number of hydrogen-bond donors (Lipinski definition) is 2. The first-order chi connectivity index (χ1) is 21.8. The van der Waals surface area contributed by atoms with Crippen LogP contribution in [0.5, 0.6) is 11.5 Å². The van der Waals surface area contributed by atoms with Crippen molar-refractivity contribution >= 4 is 17.6 Å². The first-order valence-electron chi connectivity index (χ1n) is 15.2. The topological polar surface area (TPSA) is 112 Å². The van der Waals surface area contributed by atoms with Crippen molar-refractivity contribution in [1.29, 1.82) is 0 Å². The fraction of sp³-hybridized carbons (Fsp3) is 0.343. The van der Waals surface area contributed by atoms with Crippen molar-refractivity contribution in [1.82, 2.24) is 14.7 Å². The highest BCUT2D eigenvalue weighted by Gasteiger charge is 2.43. The molecule has 0 unspecified atom stereocenters. The van der Waals surface area contributed by atoms with Crippen LogP contribution in [0.25, 0.3) is 5.69 Å². The van der Waals surface area contributed by atoms with E-state index >= 15 is 0 Å². The molecule has 9 nitrogen and oxygen atoms in total. The molecule has 6 rings (SSSR count). The van der Waals surface area contributed by atoms with Gasteiger partial charge in [-0.25, -0.2) is 9.48 Å². The van der Waals surface area contributed by atoms with Crippen LogP contribution in [0.4, 0.5) is 19.3 Å². The zero-order valence-electron chi connectivity index (χ0n) is 26.4. The monoisotopic (exact) mass is 631 g/mol. The van der Waals surface area contributed by atoms with Gasteiger partial charge in [-0.3, -0.25) is 4.79 Å². The predicted octanol–water partition coefficient (Wildman–Crippen LogP) is 7.07. The lowest BCUT2D eigenvalue weighted by molar-refractivity contribution is -0.286. The summed E-state index contributed by atoms with van der Waals surface area (Å²) in [6.45, 7) is 9.80. The first kappa shape index (κ1) is 32.5. The summed E-state index contributed by atoms with van der Waals surface area (Å²) in [5.41, 5.74) is 10.8. The van der Waals surface area contributed by atoms with Gasteiger partial charge in [0, 0.05) is 36.0 Å². The number of hydrogen-bond acceptors (Lipinski definition) is 5. The van der Waals surface area contributed by atoms with Gasteiger partial charge in [0.25, 0.3) is 5.91 Å². The molecule has 4 aromatic rings. The Bertz CT molecular complexity index is 1670. The van der Waals surface area contributed by atoms with Crippen LogP contribution in [0.2, 0.25) is 0 Å². The van der Waals surface area contributed by atoms with Crippen LogP contribution in [0, 0.1) is 12.8 Å². The highest BCUT2D eigenvalue weighted by atomic mass is 19.3. The Labute approximate surface area is 267 Å². The summed E-state index contributed by atoms with van der Waals surface area (Å²) in [6.07, 6.45) is 0.880. The number of benzene rings is 3. The Kier molecular flexibility index (Phi) is 9.32. The van der Waals surface area contributed by atoms with Gasteiger partial charge in [0.05, 0.1) is 11.4 Å². The molecule has 0 atom stereocenters. The number of nitrogens with zero attached hydrogens (tertiary/aromatic N) is 3. The molecule has 11 heteroatoms. The number of carbonyl (C=O) groups is 2. The van der Waals surface area contributed by atoms with Crippen molar-refractivity contribution in [2.45, 2.75) is 58.7 Å². The van der Waals surface area contributed by atoms with E-state index in [1.807, 2.05) is 35.1 Å². The van der Waals surface area contributed by atoms with E-state index in [1.165, 1.54) is 23.8 Å². The molecule has 1 fully saturated rings. The summed E-state index contributed by atoms with van der Waals surface area (Å²) in [7, 11) is 0. The molecule has 2 aliphatic rings. The summed E-state index contributed by atoms with van der Waals surface area (Å²) in [5.74, 6) is 0.0127. The quantitative estimate of drug-likeness (QED) is 0.245. The number of likely N-dealkylation sites (tertiary alicyclic amines) is 1. The number of nitrogens with one attached hydrogen (secondary N) is 1. The largest absolute Gasteiger partial charge is 0.586 e. The van der Waals surface area contributed by atoms with Crippen LogP contribution < -0.4 is 20.5 Å². The van der Waals surface area contributed by atoms with E-state index in [9.17, 15) is 18.4 Å². The van der Waals surface area contributed by atoms with Crippen molar-refractivity contribution in [2.24, 2.45) is 11.7 Å². The second-order valence-electron chi connectivity index (χ2n) is 12.7. The predicted molar refractivity (Wildman–Crippen MR) is 172 cm³/mol. The number of fused-ring (bicyclic) bond motifs is 1. The van der Waals surface area contributed by atoms with Crippen LogP contribution >= 0.6 is 0 Å². The lowest BCUT2D eigenvalue weighted by atomic mass is 9.90. The molecule has 3 aromatic carbocycles. The average molecular weight is 632 g/mol. The lowest BCUT2D eigenvalue weighted by Gasteiger charge is -2.32. The van der Waals surface area contributed by atoms with Crippen LogP contribution in [-0.4, -0.2) is 46.0 Å². The van der Waals surface area contributed by atoms with E-state index in [1.54, 1.807) is 4.90 Å². The molecule has 0 bridgehead atoms. The molecule has 3 N–H and O–H groups in total. The maximum atomic E-state index is 13.2.